The van der Waals surface area contributed by atoms with Gasteiger partial charge in [-0.1, -0.05) is 0 Å². The van der Waals surface area contributed by atoms with Gasteiger partial charge < -0.3 is 4.74 Å². The van der Waals surface area contributed by atoms with Crippen LogP contribution in [0.5, 0.6) is 0 Å². The number of methoxy groups -OCH3 is 1. The molecule has 0 aliphatic carbocycles. The molecule has 0 saturated heterocycles. The lowest BCUT2D eigenvalue weighted by Crippen LogP contribution is -1.95. The van der Waals surface area contributed by atoms with Gasteiger partial charge in [0.1, 0.15) is 0 Å². The summed E-state index contributed by atoms with van der Waals surface area (Å²) in [4.78, 5) is 0. The Kier molecular flexibility index (Phi) is 6.44. The number of hydrogen-bond donors (Lipinski definition) is 0. The molecule has 0 aromatic rings. The van der Waals surface area contributed by atoms with E-state index in [9.17, 15) is 0 Å². The van der Waals surface area contributed by atoms with E-state index in [0.29, 0.717) is 0 Å². The van der Waals surface area contributed by atoms with Crippen LogP contribution in [0.25, 0.3) is 0 Å². The van der Waals surface area contributed by atoms with Gasteiger partial charge in [0.05, 0.1) is 0 Å². The molecule has 0 aromatic heterocycles. The second-order valence-electron chi connectivity index (χ2n) is 1.44. The fourth-order valence-corrected chi connectivity index (χ4v) is 1.56. The molecule has 1 radical (unpaired) electrons. The molecule has 0 heterocycles. The predicted molar refractivity (Wildman–Crippen MR) is 38.8 cm³/mol. The molecule has 0 aromatic carbocycles. The summed E-state index contributed by atoms with van der Waals surface area (Å²) in [5.41, 5.74) is 0. The topological polar surface area (TPSA) is 9.23 Å². The van der Waals surface area contributed by atoms with Crippen LogP contribution >= 0.6 is 22.2 Å². The minimum absolute atomic E-state index is 0.771. The molecule has 0 bridgehead atoms. The fraction of sp³-hybridized carbons (Fsp3) is 1.00. The Morgan fingerprint density at radius 2 is 2.12 bits per heavy atom. The normalized spacial score (nSPS) is 10.5. The van der Waals surface area contributed by atoms with Gasteiger partial charge in [0, 0.05) is 13.7 Å². The third-order valence-corrected chi connectivity index (χ3v) is 2.58. The highest BCUT2D eigenvalue weighted by atomic mass is 35.7. The molecule has 0 aliphatic rings. The Morgan fingerprint density at radius 1 is 1.50 bits per heavy atom. The molecule has 0 spiro atoms. The van der Waals surface area contributed by atoms with Crippen molar-refractivity contribution in [2.24, 2.45) is 0 Å². The van der Waals surface area contributed by atoms with Crippen LogP contribution in [0.15, 0.2) is 0 Å². The minimum Gasteiger partial charge on any atom is -0.385 e. The van der Waals surface area contributed by atoms with E-state index in [1.54, 1.807) is 7.11 Å². The van der Waals surface area contributed by atoms with E-state index in [4.69, 9.17) is 26.9 Å². The predicted octanol–water partition coefficient (Wildman–Crippen LogP) is 1.99. The van der Waals surface area contributed by atoms with Gasteiger partial charge in [0.15, 0.2) is 0 Å². The smallest absolute Gasteiger partial charge is 0.273 e. The summed E-state index contributed by atoms with van der Waals surface area (Å²) in [6.07, 6.45) is 0.984. The quantitative estimate of drug-likeness (QED) is 0.358. The summed E-state index contributed by atoms with van der Waals surface area (Å²) in [5, 5.41) is 0. The van der Waals surface area contributed by atoms with Crippen LogP contribution in [0, 0.1) is 0 Å². The van der Waals surface area contributed by atoms with Gasteiger partial charge in [-0.2, -0.15) is 0 Å². The van der Waals surface area contributed by atoms with Crippen LogP contribution in [-0.4, -0.2) is 21.1 Å². The zero-order valence-electron chi connectivity index (χ0n) is 4.79. The molecule has 4 heteroatoms. The van der Waals surface area contributed by atoms with E-state index >= 15 is 0 Å². The SMILES string of the molecule is COCCC[Si](Cl)Cl. The summed E-state index contributed by atoms with van der Waals surface area (Å²) >= 11 is 11.1. The first-order valence-electron chi connectivity index (χ1n) is 2.43. The number of ether oxygens (including phenoxy) is 1. The van der Waals surface area contributed by atoms with E-state index < -0.39 is 7.42 Å². The number of halogens is 2. The van der Waals surface area contributed by atoms with Gasteiger partial charge in [0.25, 0.3) is 7.42 Å². The van der Waals surface area contributed by atoms with Crippen molar-refractivity contribution in [2.75, 3.05) is 13.7 Å². The standard InChI is InChI=1S/C4H9Cl2OSi/c1-7-3-2-4-8(5)6/h2-4H2,1H3. The van der Waals surface area contributed by atoms with E-state index in [1.165, 1.54) is 0 Å². The van der Waals surface area contributed by atoms with Crippen LogP contribution in [-0.2, 0) is 4.74 Å². The van der Waals surface area contributed by atoms with Crippen molar-refractivity contribution in [2.45, 2.75) is 12.5 Å². The lowest BCUT2D eigenvalue weighted by atomic mass is 10.5. The van der Waals surface area contributed by atoms with Crippen molar-refractivity contribution < 1.29 is 4.74 Å². The third kappa shape index (κ3) is 6.76. The molecule has 1 nitrogen and oxygen atoms in total. The summed E-state index contributed by atoms with van der Waals surface area (Å²) in [6.45, 7) is 0.771. The molecule has 8 heavy (non-hydrogen) atoms. The summed E-state index contributed by atoms with van der Waals surface area (Å²) in [6, 6.07) is 0.918. The molecule has 0 unspecified atom stereocenters. The van der Waals surface area contributed by atoms with Crippen LogP contribution < -0.4 is 0 Å². The first-order chi connectivity index (χ1) is 3.77. The Labute approximate surface area is 60.9 Å². The fourth-order valence-electron chi connectivity index (χ4n) is 0.350. The minimum atomic E-state index is -1.04. The van der Waals surface area contributed by atoms with Gasteiger partial charge >= 0.3 is 0 Å². The van der Waals surface area contributed by atoms with Crippen molar-refractivity contribution in [1.82, 2.24) is 0 Å². The first kappa shape index (κ1) is 8.76. The number of hydrogen-bond acceptors (Lipinski definition) is 1. The van der Waals surface area contributed by atoms with Gasteiger partial charge in [-0.25, -0.2) is 0 Å². The molecular formula is C4H9Cl2OSi. The molecule has 0 amide bonds. The third-order valence-electron chi connectivity index (χ3n) is 0.714. The molecule has 0 saturated carbocycles. The highest BCUT2D eigenvalue weighted by Crippen LogP contribution is 2.05. The van der Waals surface area contributed by atoms with Crippen LogP contribution in [0.2, 0.25) is 6.04 Å². The molecular weight excluding hydrogens is 163 g/mol. The molecule has 0 rings (SSSR count). The average Bonchev–Trinajstić information content (AvgIpc) is 1.66. The summed E-state index contributed by atoms with van der Waals surface area (Å²) < 4.78 is 4.79. The zero-order chi connectivity index (χ0) is 6.41. The van der Waals surface area contributed by atoms with E-state index in [2.05, 4.69) is 0 Å². The molecule has 0 atom stereocenters. The first-order valence-corrected chi connectivity index (χ1v) is 6.16. The zero-order valence-corrected chi connectivity index (χ0v) is 7.30. The molecule has 49 valence electrons. The van der Waals surface area contributed by atoms with Crippen LogP contribution in [0.3, 0.4) is 0 Å². The van der Waals surface area contributed by atoms with Gasteiger partial charge in [-0.15, -0.1) is 22.2 Å². The van der Waals surface area contributed by atoms with Gasteiger partial charge in [-0.05, 0) is 12.5 Å². The monoisotopic (exact) mass is 171 g/mol. The second kappa shape index (κ2) is 5.89. The van der Waals surface area contributed by atoms with Gasteiger partial charge in [0.2, 0.25) is 0 Å². The van der Waals surface area contributed by atoms with E-state index in [1.807, 2.05) is 0 Å². The summed E-state index contributed by atoms with van der Waals surface area (Å²) in [7, 11) is 0.633. The number of rotatable bonds is 4. The van der Waals surface area contributed by atoms with Crippen molar-refractivity contribution in [3.05, 3.63) is 0 Å². The lowest BCUT2D eigenvalue weighted by molar-refractivity contribution is 0.199. The molecule has 0 aliphatic heterocycles. The molecule has 0 N–H and O–H groups in total. The largest absolute Gasteiger partial charge is 0.385 e. The van der Waals surface area contributed by atoms with Crippen molar-refractivity contribution in [3.8, 4) is 0 Å². The van der Waals surface area contributed by atoms with E-state index in [0.717, 1.165) is 19.1 Å². The van der Waals surface area contributed by atoms with Crippen molar-refractivity contribution >= 4 is 29.6 Å². The van der Waals surface area contributed by atoms with Gasteiger partial charge in [-0.3, -0.25) is 0 Å². The van der Waals surface area contributed by atoms with Crippen LogP contribution in [0.1, 0.15) is 6.42 Å². The molecule has 0 fully saturated rings. The second-order valence-corrected chi connectivity index (χ2v) is 5.93. The Morgan fingerprint density at radius 3 is 2.50 bits per heavy atom. The van der Waals surface area contributed by atoms with E-state index in [-0.39, 0.29) is 0 Å². The highest BCUT2D eigenvalue weighted by Gasteiger charge is 2.00. The Hall–Kier alpha value is 0.757. The van der Waals surface area contributed by atoms with Crippen molar-refractivity contribution in [1.29, 1.82) is 0 Å². The Bertz CT molecular complexity index is 51.3. The maximum atomic E-state index is 5.53. The summed E-state index contributed by atoms with van der Waals surface area (Å²) in [5.74, 6) is 0. The maximum Gasteiger partial charge on any atom is 0.273 e. The van der Waals surface area contributed by atoms with Crippen molar-refractivity contribution in [3.63, 3.8) is 0 Å². The average molecular weight is 172 g/mol. The Balaban J connectivity index is 2.72. The lowest BCUT2D eigenvalue weighted by Gasteiger charge is -1.95. The highest BCUT2D eigenvalue weighted by molar-refractivity contribution is 7.33. The van der Waals surface area contributed by atoms with Crippen LogP contribution in [0.4, 0.5) is 0 Å². The maximum absolute atomic E-state index is 5.53.